The Labute approximate surface area is 155 Å². The molecule has 3 heterocycles. The van der Waals surface area contributed by atoms with E-state index < -0.39 is 0 Å². The molecule has 1 aliphatic rings. The third-order valence-electron chi connectivity index (χ3n) is 4.05. The monoisotopic (exact) mass is 366 g/mol. The van der Waals surface area contributed by atoms with Crippen molar-refractivity contribution in [1.82, 2.24) is 14.5 Å². The molecule has 2 aromatic heterocycles. The number of fused-ring (bicyclic) bond motifs is 1. The Hall–Kier alpha value is -2.80. The molecule has 0 saturated carbocycles. The number of thioether (sulfide) groups is 1. The first-order valence-corrected chi connectivity index (χ1v) is 9.42. The van der Waals surface area contributed by atoms with Crippen LogP contribution in [0, 0.1) is 0 Å². The quantitative estimate of drug-likeness (QED) is 0.746. The lowest BCUT2D eigenvalue weighted by molar-refractivity contribution is 0.102. The molecule has 0 bridgehead atoms. The average molecular weight is 366 g/mol. The third kappa shape index (κ3) is 3.30. The van der Waals surface area contributed by atoms with Crippen LogP contribution < -0.4 is 10.1 Å². The van der Waals surface area contributed by atoms with Gasteiger partial charge in [-0.25, -0.2) is 9.97 Å². The van der Waals surface area contributed by atoms with Crippen LogP contribution in [0.4, 0.5) is 5.69 Å². The number of carbonyl (C=O) groups excluding carboxylic acids is 1. The van der Waals surface area contributed by atoms with Crippen molar-refractivity contribution in [2.24, 2.45) is 0 Å². The van der Waals surface area contributed by atoms with Crippen LogP contribution in [0.5, 0.6) is 5.88 Å². The van der Waals surface area contributed by atoms with E-state index in [0.29, 0.717) is 18.1 Å². The van der Waals surface area contributed by atoms with E-state index in [9.17, 15) is 4.79 Å². The van der Waals surface area contributed by atoms with Gasteiger partial charge in [0.25, 0.3) is 5.91 Å². The van der Waals surface area contributed by atoms with Gasteiger partial charge in [-0.05, 0) is 19.1 Å². The summed E-state index contributed by atoms with van der Waals surface area (Å²) in [5.74, 6) is 1.36. The summed E-state index contributed by atoms with van der Waals surface area (Å²) < 4.78 is 7.46. The second-order valence-electron chi connectivity index (χ2n) is 5.77. The summed E-state index contributed by atoms with van der Waals surface area (Å²) in [4.78, 5) is 21.4. The number of aromatic nitrogens is 3. The normalized spacial score (nSPS) is 12.7. The summed E-state index contributed by atoms with van der Waals surface area (Å²) in [5.41, 5.74) is 2.98. The lowest BCUT2D eigenvalue weighted by atomic mass is 10.1. The smallest absolute Gasteiger partial charge is 0.257 e. The van der Waals surface area contributed by atoms with Crippen LogP contribution in [-0.4, -0.2) is 32.8 Å². The number of imidazole rings is 1. The van der Waals surface area contributed by atoms with Gasteiger partial charge >= 0.3 is 0 Å². The first-order chi connectivity index (χ1) is 12.7. The maximum Gasteiger partial charge on any atom is 0.257 e. The molecule has 6 nitrogen and oxygen atoms in total. The fraction of sp³-hybridized carbons (Fsp3) is 0.211. The Balaban J connectivity index is 1.57. The van der Waals surface area contributed by atoms with Crippen LogP contribution in [0.25, 0.3) is 11.3 Å². The molecule has 1 N–H and O–H groups in total. The van der Waals surface area contributed by atoms with Crippen molar-refractivity contribution >= 4 is 23.4 Å². The van der Waals surface area contributed by atoms with Crippen molar-refractivity contribution < 1.29 is 9.53 Å². The summed E-state index contributed by atoms with van der Waals surface area (Å²) in [5, 5.41) is 3.99. The van der Waals surface area contributed by atoms with Crippen LogP contribution in [-0.2, 0) is 6.54 Å². The fourth-order valence-corrected chi connectivity index (χ4v) is 3.74. The molecule has 7 heteroatoms. The molecular weight excluding hydrogens is 348 g/mol. The maximum absolute atomic E-state index is 12.6. The lowest BCUT2D eigenvalue weighted by Gasteiger charge is -2.10. The highest BCUT2D eigenvalue weighted by Crippen LogP contribution is 2.32. The van der Waals surface area contributed by atoms with E-state index in [0.717, 1.165) is 34.4 Å². The van der Waals surface area contributed by atoms with E-state index in [4.69, 9.17) is 4.74 Å². The average Bonchev–Trinajstić information content (AvgIpc) is 3.25. The SMILES string of the molecule is CCOc1ccc(C(=O)Nc2ccccc2-c2cn3c(n2)SCC3)cn1. The van der Waals surface area contributed by atoms with Crippen molar-refractivity contribution in [3.05, 3.63) is 54.4 Å². The van der Waals surface area contributed by atoms with Crippen LogP contribution in [0.15, 0.2) is 53.9 Å². The number of benzene rings is 1. The molecule has 0 atom stereocenters. The minimum absolute atomic E-state index is 0.214. The molecule has 0 saturated heterocycles. The van der Waals surface area contributed by atoms with E-state index in [1.807, 2.05) is 37.4 Å². The van der Waals surface area contributed by atoms with Crippen molar-refractivity contribution in [1.29, 1.82) is 0 Å². The number of hydrogen-bond donors (Lipinski definition) is 1. The number of nitrogens with one attached hydrogen (secondary N) is 1. The predicted octanol–water partition coefficient (Wildman–Crippen LogP) is 3.70. The number of para-hydroxylation sites is 1. The van der Waals surface area contributed by atoms with Crippen LogP contribution in [0.2, 0.25) is 0 Å². The molecule has 0 spiro atoms. The summed E-state index contributed by atoms with van der Waals surface area (Å²) in [7, 11) is 0. The van der Waals surface area contributed by atoms with Gasteiger partial charge in [-0.3, -0.25) is 4.79 Å². The van der Waals surface area contributed by atoms with Gasteiger partial charge in [0, 0.05) is 36.3 Å². The molecule has 3 aromatic rings. The zero-order valence-corrected chi connectivity index (χ0v) is 15.1. The Bertz CT molecular complexity index is 915. The molecule has 0 fully saturated rings. The number of hydrogen-bond acceptors (Lipinski definition) is 5. The number of pyridine rings is 1. The van der Waals surface area contributed by atoms with Crippen LogP contribution in [0.1, 0.15) is 17.3 Å². The van der Waals surface area contributed by atoms with Gasteiger partial charge in [0.05, 0.1) is 23.6 Å². The first kappa shape index (κ1) is 16.7. The molecular formula is C19H18N4O2S. The van der Waals surface area contributed by atoms with Gasteiger partial charge in [-0.1, -0.05) is 30.0 Å². The summed E-state index contributed by atoms with van der Waals surface area (Å²) in [6.45, 7) is 3.40. The van der Waals surface area contributed by atoms with E-state index in [1.54, 1.807) is 23.9 Å². The molecule has 4 rings (SSSR count). The second-order valence-corrected chi connectivity index (χ2v) is 6.83. The topological polar surface area (TPSA) is 69.0 Å². The lowest BCUT2D eigenvalue weighted by Crippen LogP contribution is -2.13. The molecule has 26 heavy (non-hydrogen) atoms. The van der Waals surface area contributed by atoms with Crippen molar-refractivity contribution in [3.63, 3.8) is 0 Å². The highest BCUT2D eigenvalue weighted by Gasteiger charge is 2.18. The number of rotatable bonds is 5. The minimum atomic E-state index is -0.214. The second kappa shape index (κ2) is 7.21. The number of nitrogens with zero attached hydrogens (tertiary/aromatic N) is 3. The molecule has 0 radical (unpaired) electrons. The van der Waals surface area contributed by atoms with E-state index in [2.05, 4.69) is 19.9 Å². The van der Waals surface area contributed by atoms with E-state index in [-0.39, 0.29) is 5.91 Å². The van der Waals surface area contributed by atoms with Crippen molar-refractivity contribution in [3.8, 4) is 17.1 Å². The molecule has 1 amide bonds. The number of amides is 1. The van der Waals surface area contributed by atoms with Crippen LogP contribution in [0.3, 0.4) is 0 Å². The highest BCUT2D eigenvalue weighted by atomic mass is 32.2. The number of aryl methyl sites for hydroxylation is 1. The van der Waals surface area contributed by atoms with Gasteiger partial charge in [0.1, 0.15) is 0 Å². The first-order valence-electron chi connectivity index (χ1n) is 8.44. The van der Waals surface area contributed by atoms with Gasteiger partial charge in [0.2, 0.25) is 5.88 Å². The molecule has 0 aliphatic carbocycles. The summed E-state index contributed by atoms with van der Waals surface area (Å²) in [6, 6.07) is 11.1. The Morgan fingerprint density at radius 2 is 2.19 bits per heavy atom. The summed E-state index contributed by atoms with van der Waals surface area (Å²) >= 11 is 1.75. The minimum Gasteiger partial charge on any atom is -0.478 e. The Kier molecular flexibility index (Phi) is 4.62. The van der Waals surface area contributed by atoms with E-state index >= 15 is 0 Å². The van der Waals surface area contributed by atoms with Crippen molar-refractivity contribution in [2.45, 2.75) is 18.6 Å². The van der Waals surface area contributed by atoms with Gasteiger partial charge in [-0.15, -0.1) is 0 Å². The fourth-order valence-electron chi connectivity index (χ4n) is 2.80. The number of carbonyl (C=O) groups is 1. The Morgan fingerprint density at radius 3 is 2.96 bits per heavy atom. The Morgan fingerprint density at radius 1 is 1.31 bits per heavy atom. The van der Waals surface area contributed by atoms with E-state index in [1.165, 1.54) is 6.20 Å². The third-order valence-corrected chi connectivity index (χ3v) is 5.02. The highest BCUT2D eigenvalue weighted by molar-refractivity contribution is 7.99. The summed E-state index contributed by atoms with van der Waals surface area (Å²) in [6.07, 6.45) is 3.56. The molecule has 0 unspecified atom stereocenters. The van der Waals surface area contributed by atoms with Gasteiger partial charge in [0.15, 0.2) is 5.16 Å². The zero-order valence-electron chi connectivity index (χ0n) is 14.3. The van der Waals surface area contributed by atoms with Crippen LogP contribution >= 0.6 is 11.8 Å². The maximum atomic E-state index is 12.6. The largest absolute Gasteiger partial charge is 0.478 e. The molecule has 1 aliphatic heterocycles. The zero-order chi connectivity index (χ0) is 17.9. The predicted molar refractivity (Wildman–Crippen MR) is 102 cm³/mol. The van der Waals surface area contributed by atoms with Gasteiger partial charge in [-0.2, -0.15) is 0 Å². The standard InChI is InChI=1S/C19H18N4O2S/c1-2-25-17-8-7-13(11-20-17)18(24)21-15-6-4-3-5-14(15)16-12-23-9-10-26-19(23)22-16/h3-8,11-12H,2,9-10H2,1H3,(H,21,24). The number of ether oxygens (including phenoxy) is 1. The molecule has 1 aromatic carbocycles. The molecule has 132 valence electrons. The van der Waals surface area contributed by atoms with Crippen molar-refractivity contribution in [2.75, 3.05) is 17.7 Å². The van der Waals surface area contributed by atoms with Gasteiger partial charge < -0.3 is 14.6 Å². The number of anilines is 1.